The van der Waals surface area contributed by atoms with Crippen LogP contribution >= 0.6 is 0 Å². The highest BCUT2D eigenvalue weighted by molar-refractivity contribution is 5.99. The summed E-state index contributed by atoms with van der Waals surface area (Å²) in [7, 11) is 0. The van der Waals surface area contributed by atoms with Crippen LogP contribution in [0.25, 0.3) is 11.1 Å². The maximum atomic E-state index is 12.9. The summed E-state index contributed by atoms with van der Waals surface area (Å²) in [6.45, 7) is 8.11. The molecule has 3 aliphatic rings. The number of carbonyl (C=O) groups is 1. The number of benzene rings is 1. The van der Waals surface area contributed by atoms with E-state index < -0.39 is 5.60 Å². The number of nitrogen functional groups attached to an aromatic ring is 1. The van der Waals surface area contributed by atoms with Crippen LogP contribution in [0.1, 0.15) is 61.5 Å². The number of nitrogens with two attached hydrogens (primary N) is 1. The number of anilines is 1. The zero-order valence-corrected chi connectivity index (χ0v) is 19.5. The molecule has 0 unspecified atom stereocenters. The molecule has 176 valence electrons. The van der Waals surface area contributed by atoms with Crippen LogP contribution in [-0.2, 0) is 4.74 Å². The molecule has 2 aromatic rings. The molecule has 1 aromatic heterocycles. The number of carbonyl (C=O) groups excluding carboxylic acids is 1. The molecule has 3 heterocycles. The van der Waals surface area contributed by atoms with Gasteiger partial charge in [0.2, 0.25) is 0 Å². The second-order valence-corrected chi connectivity index (χ2v) is 10.6. The van der Waals surface area contributed by atoms with Crippen LogP contribution in [0.5, 0.6) is 0 Å². The number of rotatable bonds is 5. The average molecular weight is 451 g/mol. The van der Waals surface area contributed by atoms with Gasteiger partial charge in [-0.1, -0.05) is 24.3 Å². The Kier molecular flexibility index (Phi) is 5.67. The normalized spacial score (nSPS) is 27.4. The van der Waals surface area contributed by atoms with E-state index in [-0.39, 0.29) is 17.8 Å². The number of likely N-dealkylation sites (tertiary alicyclic amines) is 1. The lowest BCUT2D eigenvalue weighted by molar-refractivity contribution is -0.197. The van der Waals surface area contributed by atoms with Crippen molar-refractivity contribution in [3.63, 3.8) is 0 Å². The summed E-state index contributed by atoms with van der Waals surface area (Å²) in [5.74, 6) is 0.0290. The number of pyridine rings is 1. The molecule has 3 fully saturated rings. The van der Waals surface area contributed by atoms with Gasteiger partial charge in [-0.25, -0.2) is 4.98 Å². The van der Waals surface area contributed by atoms with Crippen molar-refractivity contribution in [2.24, 2.45) is 5.41 Å². The van der Waals surface area contributed by atoms with E-state index in [1.165, 1.54) is 5.56 Å². The summed E-state index contributed by atoms with van der Waals surface area (Å²) in [4.78, 5) is 19.7. The van der Waals surface area contributed by atoms with Crippen LogP contribution in [0.4, 0.5) is 5.82 Å². The van der Waals surface area contributed by atoms with Gasteiger partial charge in [-0.15, -0.1) is 0 Å². The molecule has 1 aliphatic carbocycles. The van der Waals surface area contributed by atoms with E-state index in [4.69, 9.17) is 10.5 Å². The number of amides is 1. The molecule has 7 heteroatoms. The first-order valence-electron chi connectivity index (χ1n) is 11.9. The van der Waals surface area contributed by atoms with E-state index in [2.05, 4.69) is 46.4 Å². The number of nitrogens with zero attached hydrogens (tertiary/aromatic N) is 2. The van der Waals surface area contributed by atoms with E-state index in [1.54, 1.807) is 6.20 Å². The van der Waals surface area contributed by atoms with E-state index in [0.717, 1.165) is 50.3 Å². The van der Waals surface area contributed by atoms with Crippen LogP contribution in [0.3, 0.4) is 0 Å². The number of ether oxygens (including phenoxy) is 1. The van der Waals surface area contributed by atoms with E-state index in [0.29, 0.717) is 29.9 Å². The quantitative estimate of drug-likeness (QED) is 0.647. The van der Waals surface area contributed by atoms with Gasteiger partial charge in [0.15, 0.2) is 0 Å². The van der Waals surface area contributed by atoms with E-state index >= 15 is 0 Å². The van der Waals surface area contributed by atoms with Crippen LogP contribution in [0, 0.1) is 5.41 Å². The third-order valence-corrected chi connectivity index (χ3v) is 7.73. The Morgan fingerprint density at radius 1 is 1.21 bits per heavy atom. The molecule has 4 N–H and O–H groups in total. The zero-order chi connectivity index (χ0) is 23.2. The summed E-state index contributed by atoms with van der Waals surface area (Å²) in [6.07, 6.45) is 4.61. The third-order valence-electron chi connectivity index (χ3n) is 7.73. The lowest BCUT2D eigenvalue weighted by Crippen LogP contribution is -2.66. The van der Waals surface area contributed by atoms with Gasteiger partial charge >= 0.3 is 0 Å². The zero-order valence-electron chi connectivity index (χ0n) is 19.5. The van der Waals surface area contributed by atoms with Crippen molar-refractivity contribution in [3.05, 3.63) is 47.7 Å². The van der Waals surface area contributed by atoms with Crippen molar-refractivity contribution in [3.8, 4) is 11.1 Å². The molecule has 1 saturated carbocycles. The van der Waals surface area contributed by atoms with Gasteiger partial charge in [0.25, 0.3) is 5.91 Å². The van der Waals surface area contributed by atoms with Gasteiger partial charge in [-0.3, -0.25) is 9.69 Å². The van der Waals surface area contributed by atoms with Crippen molar-refractivity contribution in [1.29, 1.82) is 0 Å². The van der Waals surface area contributed by atoms with Crippen molar-refractivity contribution in [1.82, 2.24) is 15.2 Å². The Bertz CT molecular complexity index is 1010. The topological polar surface area (TPSA) is 101 Å². The van der Waals surface area contributed by atoms with Gasteiger partial charge < -0.3 is 20.9 Å². The fourth-order valence-corrected chi connectivity index (χ4v) is 5.29. The van der Waals surface area contributed by atoms with Crippen LogP contribution < -0.4 is 11.1 Å². The molecular weight excluding hydrogens is 416 g/mol. The van der Waals surface area contributed by atoms with Crippen LogP contribution in [-0.4, -0.2) is 58.8 Å². The largest absolute Gasteiger partial charge is 0.390 e. The SMILES string of the molecule is C[C@H](c1ccc(-c2cnc(N)c(C(=O)N[C@H]3CC[C@](C)(O)CC3)c2)cc1)N1CC2(COC2)C1. The monoisotopic (exact) mass is 450 g/mol. The molecule has 2 saturated heterocycles. The Balaban J connectivity index is 1.25. The molecule has 2 aliphatic heterocycles. The Labute approximate surface area is 195 Å². The standard InChI is InChI=1S/C26H34N4O3/c1-17(30-13-26(14-30)15-33-16-26)18-3-5-19(6-4-18)20-11-22(23(27)28-12-20)24(31)29-21-7-9-25(2,32)10-8-21/h3-6,11-12,17,21,32H,7-10,13-16H2,1-2H3,(H2,27,28)(H,29,31)/t17-,21-,25-/m1/s1. The minimum atomic E-state index is -0.631. The summed E-state index contributed by atoms with van der Waals surface area (Å²) in [6, 6.07) is 10.7. The van der Waals surface area contributed by atoms with Gasteiger partial charge in [0.05, 0.1) is 24.4 Å². The Morgan fingerprint density at radius 3 is 2.48 bits per heavy atom. The maximum Gasteiger partial charge on any atom is 0.255 e. The lowest BCUT2D eigenvalue weighted by atomic mass is 9.76. The lowest BCUT2D eigenvalue weighted by Gasteiger charge is -2.57. The number of nitrogens with one attached hydrogen (secondary N) is 1. The summed E-state index contributed by atoms with van der Waals surface area (Å²) in [5, 5.41) is 13.2. The fourth-order valence-electron chi connectivity index (χ4n) is 5.29. The Morgan fingerprint density at radius 2 is 1.88 bits per heavy atom. The number of hydrogen-bond donors (Lipinski definition) is 3. The molecule has 33 heavy (non-hydrogen) atoms. The number of aliphatic hydroxyl groups is 1. The maximum absolute atomic E-state index is 12.9. The van der Waals surface area contributed by atoms with Gasteiger partial charge in [0.1, 0.15) is 5.82 Å². The van der Waals surface area contributed by atoms with Crippen molar-refractivity contribution in [2.45, 2.75) is 57.2 Å². The summed E-state index contributed by atoms with van der Waals surface area (Å²) in [5.41, 5.74) is 9.39. The molecule has 0 radical (unpaired) electrons. The van der Waals surface area contributed by atoms with Gasteiger partial charge in [-0.2, -0.15) is 0 Å². The molecule has 7 nitrogen and oxygen atoms in total. The fraction of sp³-hybridized carbons (Fsp3) is 0.538. The highest BCUT2D eigenvalue weighted by Gasteiger charge is 2.50. The average Bonchev–Trinajstić information content (AvgIpc) is 2.73. The minimum Gasteiger partial charge on any atom is -0.390 e. The summed E-state index contributed by atoms with van der Waals surface area (Å²) >= 11 is 0. The molecule has 0 bridgehead atoms. The number of hydrogen-bond acceptors (Lipinski definition) is 6. The highest BCUT2D eigenvalue weighted by atomic mass is 16.5. The second kappa shape index (κ2) is 8.38. The molecule has 1 aromatic carbocycles. The van der Waals surface area contributed by atoms with E-state index in [9.17, 15) is 9.90 Å². The highest BCUT2D eigenvalue weighted by Crippen LogP contribution is 2.42. The summed E-state index contributed by atoms with van der Waals surface area (Å²) < 4.78 is 5.38. The van der Waals surface area contributed by atoms with Crippen LogP contribution in [0.2, 0.25) is 0 Å². The van der Waals surface area contributed by atoms with Crippen LogP contribution in [0.15, 0.2) is 36.5 Å². The predicted octanol–water partition coefficient (Wildman–Crippen LogP) is 3.15. The predicted molar refractivity (Wildman–Crippen MR) is 128 cm³/mol. The Hall–Kier alpha value is -2.48. The molecule has 1 amide bonds. The van der Waals surface area contributed by atoms with E-state index in [1.807, 2.05) is 13.0 Å². The van der Waals surface area contributed by atoms with Crippen molar-refractivity contribution < 1.29 is 14.6 Å². The third kappa shape index (κ3) is 4.50. The van der Waals surface area contributed by atoms with Gasteiger partial charge in [-0.05, 0) is 56.7 Å². The minimum absolute atomic E-state index is 0.0497. The van der Waals surface area contributed by atoms with Crippen molar-refractivity contribution >= 4 is 11.7 Å². The van der Waals surface area contributed by atoms with Gasteiger partial charge in [0, 0.05) is 42.3 Å². The second-order valence-electron chi connectivity index (χ2n) is 10.6. The molecule has 5 rings (SSSR count). The number of aromatic nitrogens is 1. The first kappa shape index (κ1) is 22.3. The smallest absolute Gasteiger partial charge is 0.255 e. The first-order chi connectivity index (χ1) is 15.7. The first-order valence-corrected chi connectivity index (χ1v) is 11.9. The molecule has 1 spiro atoms. The molecule has 1 atom stereocenters. The van der Waals surface area contributed by atoms with Crippen molar-refractivity contribution in [2.75, 3.05) is 32.0 Å². The molecular formula is C26H34N4O3.